The third-order valence-corrected chi connectivity index (χ3v) is 8.23. The first kappa shape index (κ1) is 22.1. The Morgan fingerprint density at radius 2 is 1.91 bits per heavy atom. The molecule has 0 bridgehead atoms. The van der Waals surface area contributed by atoms with Gasteiger partial charge in [0.15, 0.2) is 0 Å². The van der Waals surface area contributed by atoms with E-state index in [0.717, 1.165) is 31.3 Å². The van der Waals surface area contributed by atoms with Gasteiger partial charge in [0, 0.05) is 54.7 Å². The van der Waals surface area contributed by atoms with Crippen LogP contribution in [0.25, 0.3) is 0 Å². The standard InChI is InChI=1S/C31H31N3O/c1-35-27-16-24(22-7-6-8-23(14-22)25-13-21(18-32)19-33-20-25)15-26(17-27)34-30-11-4-2-9-28(30)29-10-3-5-12-31(29)34/h2-12,15,19-20,22,24-25,27-28,30H,13-14,16-17H2,1H3/t22?,24?,25?,27?,28?,30-/m0/s1. The van der Waals surface area contributed by atoms with Crippen molar-refractivity contribution in [3.8, 4) is 6.07 Å². The summed E-state index contributed by atoms with van der Waals surface area (Å²) in [5.41, 5.74) is 6.26. The summed E-state index contributed by atoms with van der Waals surface area (Å²) in [5.74, 6) is 1.45. The molecule has 4 heteroatoms. The van der Waals surface area contributed by atoms with Crippen LogP contribution in [-0.2, 0) is 4.74 Å². The predicted octanol–water partition coefficient (Wildman–Crippen LogP) is 6.39. The first-order chi connectivity index (χ1) is 17.2. The van der Waals surface area contributed by atoms with Crippen LogP contribution < -0.4 is 4.90 Å². The van der Waals surface area contributed by atoms with Crippen LogP contribution in [0.2, 0.25) is 0 Å². The van der Waals surface area contributed by atoms with Crippen LogP contribution in [0.4, 0.5) is 5.69 Å². The maximum absolute atomic E-state index is 9.34. The Hall–Kier alpha value is -3.42. The Balaban J connectivity index is 1.29. The number of anilines is 1. The topological polar surface area (TPSA) is 48.6 Å². The van der Waals surface area contributed by atoms with Crippen molar-refractivity contribution >= 4 is 11.9 Å². The van der Waals surface area contributed by atoms with E-state index in [1.165, 1.54) is 22.5 Å². The number of aliphatic imine (C=N–C) groups is 1. The van der Waals surface area contributed by atoms with Gasteiger partial charge in [-0.3, -0.25) is 4.99 Å². The lowest BCUT2D eigenvalue weighted by Crippen LogP contribution is -2.37. The third-order valence-electron chi connectivity index (χ3n) is 8.23. The van der Waals surface area contributed by atoms with Crippen molar-refractivity contribution in [2.45, 2.75) is 43.7 Å². The largest absolute Gasteiger partial charge is 0.381 e. The zero-order valence-corrected chi connectivity index (χ0v) is 20.1. The Labute approximate surface area is 208 Å². The van der Waals surface area contributed by atoms with Crippen molar-refractivity contribution in [1.29, 1.82) is 5.26 Å². The first-order valence-corrected chi connectivity index (χ1v) is 12.7. The van der Waals surface area contributed by atoms with Crippen molar-refractivity contribution in [3.63, 3.8) is 0 Å². The highest BCUT2D eigenvalue weighted by Gasteiger charge is 2.40. The second-order valence-electron chi connectivity index (χ2n) is 10.2. The molecule has 0 amide bonds. The van der Waals surface area contributed by atoms with Crippen LogP contribution in [0.1, 0.15) is 37.2 Å². The minimum absolute atomic E-state index is 0.210. The molecule has 176 valence electrons. The number of nitriles is 1. The molecule has 1 aromatic carbocycles. The molecule has 1 aromatic rings. The van der Waals surface area contributed by atoms with Crippen LogP contribution in [0.15, 0.2) is 101 Å². The van der Waals surface area contributed by atoms with E-state index in [1.807, 2.05) is 13.3 Å². The minimum Gasteiger partial charge on any atom is -0.381 e. The Morgan fingerprint density at radius 3 is 2.80 bits per heavy atom. The molecule has 0 radical (unpaired) electrons. The molecule has 5 unspecified atom stereocenters. The molecule has 0 fully saturated rings. The summed E-state index contributed by atoms with van der Waals surface area (Å²) in [6, 6.07) is 11.5. The molecule has 6 atom stereocenters. The molecule has 0 aromatic heterocycles. The number of fused-ring (bicyclic) bond motifs is 3. The minimum atomic E-state index is 0.210. The number of allylic oxidation sites excluding steroid dienone is 8. The number of hydrogen-bond acceptors (Lipinski definition) is 4. The highest BCUT2D eigenvalue weighted by Crippen LogP contribution is 2.48. The van der Waals surface area contributed by atoms with Crippen LogP contribution in [0.5, 0.6) is 0 Å². The van der Waals surface area contributed by atoms with Crippen molar-refractivity contribution < 1.29 is 4.74 Å². The number of rotatable bonds is 4. The summed E-state index contributed by atoms with van der Waals surface area (Å²) in [6.45, 7) is 0. The second-order valence-corrected chi connectivity index (χ2v) is 10.2. The molecular weight excluding hydrogens is 430 g/mol. The van der Waals surface area contributed by atoms with E-state index in [4.69, 9.17) is 4.74 Å². The van der Waals surface area contributed by atoms with Crippen LogP contribution >= 0.6 is 0 Å². The van der Waals surface area contributed by atoms with Crippen LogP contribution in [-0.4, -0.2) is 25.5 Å². The lowest BCUT2D eigenvalue weighted by atomic mass is 9.74. The van der Waals surface area contributed by atoms with Gasteiger partial charge in [-0.2, -0.15) is 5.26 Å². The third kappa shape index (κ3) is 4.05. The molecule has 0 saturated carbocycles. The number of nitrogens with zero attached hydrogens (tertiary/aromatic N) is 3. The molecule has 4 nitrogen and oxygen atoms in total. The molecule has 0 saturated heterocycles. The van der Waals surface area contributed by atoms with Gasteiger partial charge >= 0.3 is 0 Å². The Bertz CT molecular complexity index is 1250. The van der Waals surface area contributed by atoms with Crippen LogP contribution in [0, 0.1) is 29.1 Å². The zero-order valence-electron chi connectivity index (χ0n) is 20.1. The smallest absolute Gasteiger partial charge is 0.0963 e. The summed E-state index contributed by atoms with van der Waals surface area (Å²) in [5, 5.41) is 9.34. The van der Waals surface area contributed by atoms with E-state index in [-0.39, 0.29) is 12.0 Å². The average Bonchev–Trinajstić information content (AvgIpc) is 3.27. The molecule has 35 heavy (non-hydrogen) atoms. The molecule has 0 N–H and O–H groups in total. The average molecular weight is 462 g/mol. The molecule has 2 heterocycles. The molecule has 6 rings (SSSR count). The van der Waals surface area contributed by atoms with Crippen molar-refractivity contribution in [2.75, 3.05) is 12.0 Å². The van der Waals surface area contributed by atoms with Gasteiger partial charge in [-0.05, 0) is 42.7 Å². The first-order valence-electron chi connectivity index (χ1n) is 12.7. The lowest BCUT2D eigenvalue weighted by Gasteiger charge is -2.39. The molecule has 2 aliphatic heterocycles. The monoisotopic (exact) mass is 461 g/mol. The molecule has 3 aliphatic carbocycles. The number of para-hydroxylation sites is 1. The zero-order chi connectivity index (χ0) is 23.8. The van der Waals surface area contributed by atoms with Gasteiger partial charge in [0.2, 0.25) is 0 Å². The summed E-state index contributed by atoms with van der Waals surface area (Å²) in [4.78, 5) is 6.92. The van der Waals surface area contributed by atoms with Gasteiger partial charge in [0.05, 0.1) is 18.2 Å². The highest BCUT2D eigenvalue weighted by atomic mass is 16.5. The number of ether oxygens (including phenoxy) is 1. The van der Waals surface area contributed by atoms with Crippen LogP contribution in [0.3, 0.4) is 0 Å². The van der Waals surface area contributed by atoms with Gasteiger partial charge in [-0.15, -0.1) is 0 Å². The van der Waals surface area contributed by atoms with E-state index in [1.54, 1.807) is 6.20 Å². The Kier molecular flexibility index (Phi) is 5.88. The quantitative estimate of drug-likeness (QED) is 0.522. The van der Waals surface area contributed by atoms with E-state index in [2.05, 4.69) is 88.8 Å². The van der Waals surface area contributed by atoms with Gasteiger partial charge < -0.3 is 9.64 Å². The van der Waals surface area contributed by atoms with E-state index in [0.29, 0.717) is 23.8 Å². The summed E-state index contributed by atoms with van der Waals surface area (Å²) in [6.07, 6.45) is 26.0. The second kappa shape index (κ2) is 9.32. The molecule has 5 aliphatic rings. The maximum Gasteiger partial charge on any atom is 0.0963 e. The van der Waals surface area contributed by atoms with Gasteiger partial charge in [-0.1, -0.05) is 72.4 Å². The lowest BCUT2D eigenvalue weighted by molar-refractivity contribution is 0.0736. The molecule has 0 spiro atoms. The van der Waals surface area contributed by atoms with Gasteiger partial charge in [0.25, 0.3) is 0 Å². The number of benzene rings is 1. The Morgan fingerprint density at radius 1 is 1.03 bits per heavy atom. The van der Waals surface area contributed by atoms with E-state index < -0.39 is 0 Å². The fourth-order valence-electron chi connectivity index (χ4n) is 6.46. The highest BCUT2D eigenvalue weighted by molar-refractivity contribution is 5.70. The van der Waals surface area contributed by atoms with E-state index in [9.17, 15) is 5.26 Å². The van der Waals surface area contributed by atoms with Crippen molar-refractivity contribution in [1.82, 2.24) is 0 Å². The molecular formula is C31H31N3O. The number of methoxy groups -OCH3 is 1. The predicted molar refractivity (Wildman–Crippen MR) is 141 cm³/mol. The van der Waals surface area contributed by atoms with Gasteiger partial charge in [-0.25, -0.2) is 0 Å². The summed E-state index contributed by atoms with van der Waals surface area (Å²) < 4.78 is 5.99. The fourth-order valence-corrected chi connectivity index (χ4v) is 6.46. The summed E-state index contributed by atoms with van der Waals surface area (Å²) in [7, 11) is 1.85. The number of hydrogen-bond donors (Lipinski definition) is 0. The maximum atomic E-state index is 9.34. The van der Waals surface area contributed by atoms with Gasteiger partial charge in [0.1, 0.15) is 0 Å². The van der Waals surface area contributed by atoms with Crippen molar-refractivity contribution in [3.05, 3.63) is 101 Å². The normalized spacial score (nSPS) is 32.9. The fraction of sp³-hybridized carbons (Fsp3) is 0.355. The summed E-state index contributed by atoms with van der Waals surface area (Å²) >= 11 is 0. The van der Waals surface area contributed by atoms with E-state index >= 15 is 0 Å². The SMILES string of the molecule is COC1CC(N2c3ccccc3C3C=CC=C[C@@H]32)=CC(C2C=CC=C(C3C=NC=C(C#N)C3)C2)C1. The van der Waals surface area contributed by atoms with Crippen molar-refractivity contribution in [2.24, 2.45) is 22.7 Å².